The molecule has 0 heterocycles. The fourth-order valence-electron chi connectivity index (χ4n) is 2.71. The Morgan fingerprint density at radius 2 is 1.69 bits per heavy atom. The van der Waals surface area contributed by atoms with Crippen LogP contribution in [-0.2, 0) is 17.6 Å². The first-order chi connectivity index (χ1) is 12.4. The van der Waals surface area contributed by atoms with E-state index in [2.05, 4.69) is 5.32 Å². The lowest BCUT2D eigenvalue weighted by molar-refractivity contribution is -0.121. The minimum atomic E-state index is -0.148. The highest BCUT2D eigenvalue weighted by Gasteiger charge is 2.08. The van der Waals surface area contributed by atoms with E-state index in [1.165, 1.54) is 12.1 Å². The summed E-state index contributed by atoms with van der Waals surface area (Å²) in [5.74, 6) is 0.984. The molecule has 26 heavy (non-hydrogen) atoms. The van der Waals surface area contributed by atoms with E-state index in [1.807, 2.05) is 25.1 Å². The van der Waals surface area contributed by atoms with Crippen molar-refractivity contribution in [1.82, 2.24) is 5.32 Å². The summed E-state index contributed by atoms with van der Waals surface area (Å²) in [4.78, 5) is 12.0. The zero-order valence-electron chi connectivity index (χ0n) is 15.3. The van der Waals surface area contributed by atoms with Crippen LogP contribution in [0.5, 0.6) is 23.0 Å². The van der Waals surface area contributed by atoms with Crippen molar-refractivity contribution < 1.29 is 24.5 Å². The SMILES string of the molecule is COc1ccc(CCC(=O)NCCc2cc(O)c(O)cc2C)cc1OC. The molecular weight excluding hydrogens is 334 g/mol. The maximum atomic E-state index is 12.0. The minimum absolute atomic E-state index is 0.0413. The zero-order chi connectivity index (χ0) is 19.1. The number of nitrogens with one attached hydrogen (secondary N) is 1. The molecule has 3 N–H and O–H groups in total. The van der Waals surface area contributed by atoms with E-state index in [0.717, 1.165) is 16.7 Å². The molecule has 2 aromatic carbocycles. The van der Waals surface area contributed by atoms with Crippen molar-refractivity contribution in [3.8, 4) is 23.0 Å². The van der Waals surface area contributed by atoms with Crippen LogP contribution in [0.3, 0.4) is 0 Å². The third-order valence-electron chi connectivity index (χ3n) is 4.24. The van der Waals surface area contributed by atoms with Gasteiger partial charge in [-0.3, -0.25) is 4.79 Å². The van der Waals surface area contributed by atoms with Crippen LogP contribution < -0.4 is 14.8 Å². The summed E-state index contributed by atoms with van der Waals surface area (Å²) < 4.78 is 10.5. The lowest BCUT2D eigenvalue weighted by Gasteiger charge is -2.11. The number of hydrogen-bond acceptors (Lipinski definition) is 5. The van der Waals surface area contributed by atoms with E-state index in [1.54, 1.807) is 14.2 Å². The average molecular weight is 359 g/mol. The highest BCUT2D eigenvalue weighted by molar-refractivity contribution is 5.76. The quantitative estimate of drug-likeness (QED) is 0.631. The highest BCUT2D eigenvalue weighted by Crippen LogP contribution is 2.29. The molecule has 6 heteroatoms. The number of aryl methyl sites for hydroxylation is 2. The van der Waals surface area contributed by atoms with E-state index in [9.17, 15) is 15.0 Å². The summed E-state index contributed by atoms with van der Waals surface area (Å²) in [6.45, 7) is 2.32. The Labute approximate surface area is 153 Å². The standard InChI is InChI=1S/C20H25NO5/c1-13-10-16(22)17(23)12-15(13)8-9-21-20(24)7-5-14-4-6-18(25-2)19(11-14)26-3/h4,6,10-12,22-23H,5,7-9H2,1-3H3,(H,21,24). The first kappa shape index (κ1) is 19.4. The molecule has 2 rings (SSSR count). The van der Waals surface area contributed by atoms with Crippen LogP contribution in [0.2, 0.25) is 0 Å². The number of methoxy groups -OCH3 is 2. The van der Waals surface area contributed by atoms with Crippen molar-refractivity contribution in [2.75, 3.05) is 20.8 Å². The van der Waals surface area contributed by atoms with E-state index in [-0.39, 0.29) is 17.4 Å². The maximum Gasteiger partial charge on any atom is 0.220 e. The van der Waals surface area contributed by atoms with Crippen LogP contribution in [0.4, 0.5) is 0 Å². The third kappa shape index (κ3) is 5.05. The van der Waals surface area contributed by atoms with E-state index in [0.29, 0.717) is 37.3 Å². The van der Waals surface area contributed by atoms with Crippen LogP contribution in [0.1, 0.15) is 23.1 Å². The number of ether oxygens (including phenoxy) is 2. The van der Waals surface area contributed by atoms with Crippen molar-refractivity contribution in [2.45, 2.75) is 26.2 Å². The maximum absolute atomic E-state index is 12.0. The molecule has 0 spiro atoms. The molecule has 0 aliphatic carbocycles. The summed E-state index contributed by atoms with van der Waals surface area (Å²) in [5, 5.41) is 21.9. The predicted molar refractivity (Wildman–Crippen MR) is 99.1 cm³/mol. The third-order valence-corrected chi connectivity index (χ3v) is 4.24. The number of hydrogen-bond donors (Lipinski definition) is 3. The Morgan fingerprint density at radius 3 is 2.38 bits per heavy atom. The number of phenols is 2. The van der Waals surface area contributed by atoms with Gasteiger partial charge in [-0.15, -0.1) is 0 Å². The molecule has 0 aliphatic rings. The van der Waals surface area contributed by atoms with Gasteiger partial charge in [-0.05, 0) is 60.7 Å². The lowest BCUT2D eigenvalue weighted by atomic mass is 10.0. The molecule has 6 nitrogen and oxygen atoms in total. The van der Waals surface area contributed by atoms with Gasteiger partial charge in [0.2, 0.25) is 5.91 Å². The summed E-state index contributed by atoms with van der Waals surface area (Å²) in [6, 6.07) is 8.65. The van der Waals surface area contributed by atoms with Gasteiger partial charge in [0, 0.05) is 13.0 Å². The van der Waals surface area contributed by atoms with Crippen molar-refractivity contribution in [1.29, 1.82) is 0 Å². The Morgan fingerprint density at radius 1 is 1.00 bits per heavy atom. The predicted octanol–water partition coefficient (Wildman–Crippen LogP) is 2.71. The van der Waals surface area contributed by atoms with E-state index >= 15 is 0 Å². The summed E-state index contributed by atoms with van der Waals surface area (Å²) >= 11 is 0. The molecule has 0 aromatic heterocycles. The number of phenolic OH excluding ortho intramolecular Hbond substituents is 2. The van der Waals surface area contributed by atoms with Crippen molar-refractivity contribution >= 4 is 5.91 Å². The molecule has 0 saturated carbocycles. The average Bonchev–Trinajstić information content (AvgIpc) is 2.63. The van der Waals surface area contributed by atoms with Gasteiger partial charge in [-0.25, -0.2) is 0 Å². The van der Waals surface area contributed by atoms with Gasteiger partial charge in [-0.2, -0.15) is 0 Å². The van der Waals surface area contributed by atoms with E-state index < -0.39 is 0 Å². The first-order valence-electron chi connectivity index (χ1n) is 8.43. The van der Waals surface area contributed by atoms with Gasteiger partial charge in [0.15, 0.2) is 23.0 Å². The molecule has 0 unspecified atom stereocenters. The number of carbonyl (C=O) groups is 1. The number of carbonyl (C=O) groups excluding carboxylic acids is 1. The van der Waals surface area contributed by atoms with Gasteiger partial charge in [-0.1, -0.05) is 6.07 Å². The van der Waals surface area contributed by atoms with Crippen LogP contribution in [-0.4, -0.2) is 36.9 Å². The smallest absolute Gasteiger partial charge is 0.220 e. The van der Waals surface area contributed by atoms with Crippen LogP contribution >= 0.6 is 0 Å². The molecule has 2 aromatic rings. The molecule has 0 radical (unpaired) electrons. The van der Waals surface area contributed by atoms with Gasteiger partial charge in [0.1, 0.15) is 0 Å². The molecule has 0 fully saturated rings. The first-order valence-corrected chi connectivity index (χ1v) is 8.43. The monoisotopic (exact) mass is 359 g/mol. The van der Waals surface area contributed by atoms with Crippen LogP contribution in [0.15, 0.2) is 30.3 Å². The fourth-order valence-corrected chi connectivity index (χ4v) is 2.71. The summed E-state index contributed by atoms with van der Waals surface area (Å²) in [5.41, 5.74) is 2.76. The van der Waals surface area contributed by atoms with Gasteiger partial charge < -0.3 is 25.0 Å². The van der Waals surface area contributed by atoms with Crippen molar-refractivity contribution in [2.24, 2.45) is 0 Å². The second kappa shape index (κ2) is 8.99. The number of rotatable bonds is 8. The number of amides is 1. The minimum Gasteiger partial charge on any atom is -0.504 e. The summed E-state index contributed by atoms with van der Waals surface area (Å²) in [7, 11) is 3.16. The van der Waals surface area contributed by atoms with Gasteiger partial charge in [0.25, 0.3) is 0 Å². The molecule has 0 atom stereocenters. The molecule has 1 amide bonds. The van der Waals surface area contributed by atoms with Crippen molar-refractivity contribution in [3.63, 3.8) is 0 Å². The Bertz CT molecular complexity index is 773. The second-order valence-corrected chi connectivity index (χ2v) is 6.06. The Kier molecular flexibility index (Phi) is 6.72. The van der Waals surface area contributed by atoms with E-state index in [4.69, 9.17) is 9.47 Å². The topological polar surface area (TPSA) is 88.0 Å². The van der Waals surface area contributed by atoms with Crippen LogP contribution in [0.25, 0.3) is 0 Å². The fraction of sp³-hybridized carbons (Fsp3) is 0.350. The van der Waals surface area contributed by atoms with Gasteiger partial charge in [0.05, 0.1) is 14.2 Å². The highest BCUT2D eigenvalue weighted by atomic mass is 16.5. The number of benzene rings is 2. The Balaban J connectivity index is 1.82. The summed E-state index contributed by atoms with van der Waals surface area (Å²) in [6.07, 6.45) is 1.56. The second-order valence-electron chi connectivity index (χ2n) is 6.06. The number of aromatic hydroxyl groups is 2. The molecule has 0 bridgehead atoms. The largest absolute Gasteiger partial charge is 0.504 e. The molecular formula is C20H25NO5. The molecule has 0 saturated heterocycles. The molecule has 0 aliphatic heterocycles. The van der Waals surface area contributed by atoms with Gasteiger partial charge >= 0.3 is 0 Å². The lowest BCUT2D eigenvalue weighted by Crippen LogP contribution is -2.26. The normalized spacial score (nSPS) is 10.4. The van der Waals surface area contributed by atoms with Crippen molar-refractivity contribution in [3.05, 3.63) is 47.0 Å². The van der Waals surface area contributed by atoms with Crippen LogP contribution in [0, 0.1) is 6.92 Å². The molecule has 140 valence electrons. The zero-order valence-corrected chi connectivity index (χ0v) is 15.3. The Hall–Kier alpha value is -2.89.